The van der Waals surface area contributed by atoms with E-state index in [0.717, 1.165) is 12.0 Å². The lowest BCUT2D eigenvalue weighted by molar-refractivity contribution is -0.166. The first-order valence-electron chi connectivity index (χ1n) is 6.46. The van der Waals surface area contributed by atoms with Gasteiger partial charge in [-0.3, -0.25) is 9.59 Å². The maximum absolute atomic E-state index is 12.7. The van der Waals surface area contributed by atoms with E-state index < -0.39 is 10.8 Å². The summed E-state index contributed by atoms with van der Waals surface area (Å²) in [5, 5.41) is 0. The Kier molecular flexibility index (Phi) is 3.67. The summed E-state index contributed by atoms with van der Waals surface area (Å²) in [4.78, 5) is 28.2. The highest BCUT2D eigenvalue weighted by atomic mass is 16.2. The zero-order chi connectivity index (χ0) is 15.2. The van der Waals surface area contributed by atoms with E-state index in [2.05, 4.69) is 13.2 Å². The van der Waals surface area contributed by atoms with Crippen LogP contribution in [0.25, 0.3) is 0 Å². The second-order valence-electron chi connectivity index (χ2n) is 5.85. The SMILES string of the molecule is C=C1N(C)C(=O)C(C)(C(C)(C)C(=C)CC)C(=O)N1C. The van der Waals surface area contributed by atoms with Gasteiger partial charge in [-0.15, -0.1) is 0 Å². The first-order valence-corrected chi connectivity index (χ1v) is 6.46. The second kappa shape index (κ2) is 4.51. The van der Waals surface area contributed by atoms with Gasteiger partial charge in [-0.1, -0.05) is 39.5 Å². The Morgan fingerprint density at radius 1 is 1.21 bits per heavy atom. The van der Waals surface area contributed by atoms with Gasteiger partial charge in [0, 0.05) is 19.5 Å². The molecule has 0 saturated carbocycles. The van der Waals surface area contributed by atoms with Crippen LogP contribution >= 0.6 is 0 Å². The molecule has 1 aliphatic rings. The molecular formula is C15H24N2O2. The highest BCUT2D eigenvalue weighted by Gasteiger charge is 2.59. The van der Waals surface area contributed by atoms with Gasteiger partial charge in [-0.25, -0.2) is 0 Å². The summed E-state index contributed by atoms with van der Waals surface area (Å²) in [5.41, 5.74) is -0.866. The molecule has 0 N–H and O–H groups in total. The minimum absolute atomic E-state index is 0.222. The molecule has 0 aromatic rings. The lowest BCUT2D eigenvalue weighted by atomic mass is 9.60. The molecule has 19 heavy (non-hydrogen) atoms. The number of amides is 2. The molecule has 0 aromatic carbocycles. The highest BCUT2D eigenvalue weighted by Crippen LogP contribution is 2.49. The average Bonchev–Trinajstić information content (AvgIpc) is 2.39. The Morgan fingerprint density at radius 2 is 1.58 bits per heavy atom. The molecular weight excluding hydrogens is 240 g/mol. The Labute approximate surface area is 115 Å². The van der Waals surface area contributed by atoms with Crippen molar-refractivity contribution in [2.75, 3.05) is 14.1 Å². The van der Waals surface area contributed by atoms with Crippen LogP contribution in [0.4, 0.5) is 0 Å². The number of hydrogen-bond donors (Lipinski definition) is 0. The van der Waals surface area contributed by atoms with Gasteiger partial charge < -0.3 is 9.80 Å². The molecule has 0 spiro atoms. The van der Waals surface area contributed by atoms with Crippen LogP contribution in [0.2, 0.25) is 0 Å². The summed E-state index contributed by atoms with van der Waals surface area (Å²) in [7, 11) is 3.30. The largest absolute Gasteiger partial charge is 0.301 e. The van der Waals surface area contributed by atoms with Crippen LogP contribution in [0.5, 0.6) is 0 Å². The van der Waals surface area contributed by atoms with Crippen molar-refractivity contribution in [2.24, 2.45) is 10.8 Å². The molecule has 2 amide bonds. The summed E-state index contributed by atoms with van der Waals surface area (Å²) in [6.45, 7) is 15.3. The van der Waals surface area contributed by atoms with Crippen molar-refractivity contribution in [2.45, 2.75) is 34.1 Å². The molecule has 0 aromatic heterocycles. The first kappa shape index (κ1) is 15.5. The maximum atomic E-state index is 12.7. The molecule has 4 nitrogen and oxygen atoms in total. The summed E-state index contributed by atoms with van der Waals surface area (Å²) >= 11 is 0. The average molecular weight is 264 g/mol. The van der Waals surface area contributed by atoms with Gasteiger partial charge in [0.05, 0.1) is 0 Å². The molecule has 4 heteroatoms. The summed E-state index contributed by atoms with van der Waals surface area (Å²) in [5.74, 6) is -0.0363. The predicted octanol–water partition coefficient (Wildman–Crippen LogP) is 2.39. The van der Waals surface area contributed by atoms with E-state index in [-0.39, 0.29) is 11.8 Å². The van der Waals surface area contributed by atoms with Gasteiger partial charge in [-0.2, -0.15) is 0 Å². The molecule has 1 aliphatic heterocycles. The van der Waals surface area contributed by atoms with Crippen LogP contribution in [0.3, 0.4) is 0 Å². The quantitative estimate of drug-likeness (QED) is 0.580. The van der Waals surface area contributed by atoms with Gasteiger partial charge in [-0.05, 0) is 13.3 Å². The van der Waals surface area contributed by atoms with Gasteiger partial charge >= 0.3 is 0 Å². The smallest absolute Gasteiger partial charge is 0.244 e. The normalized spacial score (nSPS) is 20.0. The van der Waals surface area contributed by atoms with Crippen LogP contribution in [0, 0.1) is 10.8 Å². The lowest BCUT2D eigenvalue weighted by Crippen LogP contribution is -2.63. The van der Waals surface area contributed by atoms with E-state index in [0.29, 0.717) is 5.82 Å². The molecule has 106 valence electrons. The standard InChI is InChI=1S/C15H24N2O2/c1-9-10(2)14(4,5)15(6)12(18)16(7)11(3)17(8)13(15)19/h2-3,9H2,1,4-8H3. The van der Waals surface area contributed by atoms with Crippen molar-refractivity contribution in [3.63, 3.8) is 0 Å². The molecule has 0 radical (unpaired) electrons. The zero-order valence-electron chi connectivity index (χ0n) is 12.8. The van der Waals surface area contributed by atoms with E-state index in [1.165, 1.54) is 9.80 Å². The molecule has 1 rings (SSSR count). The molecule has 0 bridgehead atoms. The minimum atomic E-state index is -1.15. The molecule has 0 aliphatic carbocycles. The third kappa shape index (κ3) is 1.81. The fraction of sp³-hybridized carbons (Fsp3) is 0.600. The molecule has 0 atom stereocenters. The number of carbonyl (C=O) groups is 2. The summed E-state index contributed by atoms with van der Waals surface area (Å²) < 4.78 is 0. The van der Waals surface area contributed by atoms with E-state index in [1.807, 2.05) is 20.8 Å². The van der Waals surface area contributed by atoms with Gasteiger partial charge in [0.25, 0.3) is 0 Å². The molecule has 1 saturated heterocycles. The Bertz CT molecular complexity index is 439. The van der Waals surface area contributed by atoms with Crippen LogP contribution in [0.1, 0.15) is 34.1 Å². The molecule has 1 fully saturated rings. The Morgan fingerprint density at radius 3 is 1.89 bits per heavy atom. The van der Waals surface area contributed by atoms with Gasteiger partial charge in [0.15, 0.2) is 0 Å². The van der Waals surface area contributed by atoms with Crippen molar-refractivity contribution >= 4 is 11.8 Å². The first-order chi connectivity index (χ1) is 8.53. The second-order valence-corrected chi connectivity index (χ2v) is 5.85. The van der Waals surface area contributed by atoms with Crippen molar-refractivity contribution in [1.29, 1.82) is 0 Å². The fourth-order valence-electron chi connectivity index (χ4n) is 2.55. The number of allylic oxidation sites excluding steroid dienone is 1. The van der Waals surface area contributed by atoms with E-state index in [9.17, 15) is 9.59 Å². The van der Waals surface area contributed by atoms with Crippen LogP contribution < -0.4 is 0 Å². The predicted molar refractivity (Wildman–Crippen MR) is 76.0 cm³/mol. The van der Waals surface area contributed by atoms with Crippen LogP contribution in [-0.2, 0) is 9.59 Å². The Hall–Kier alpha value is -1.58. The summed E-state index contributed by atoms with van der Waals surface area (Å²) in [6, 6.07) is 0. The topological polar surface area (TPSA) is 40.6 Å². The third-order valence-corrected chi connectivity index (χ3v) is 4.80. The van der Waals surface area contributed by atoms with Gasteiger partial charge in [0.1, 0.15) is 11.2 Å². The van der Waals surface area contributed by atoms with Crippen LogP contribution in [-0.4, -0.2) is 35.7 Å². The monoisotopic (exact) mass is 264 g/mol. The highest BCUT2D eigenvalue weighted by molar-refractivity contribution is 6.09. The molecule has 0 unspecified atom stereocenters. The third-order valence-electron chi connectivity index (χ3n) is 4.80. The maximum Gasteiger partial charge on any atom is 0.244 e. The Balaban J connectivity index is 3.44. The fourth-order valence-corrected chi connectivity index (χ4v) is 2.55. The van der Waals surface area contributed by atoms with E-state index >= 15 is 0 Å². The van der Waals surface area contributed by atoms with E-state index in [1.54, 1.807) is 21.0 Å². The molecule has 1 heterocycles. The zero-order valence-corrected chi connectivity index (χ0v) is 12.8. The van der Waals surface area contributed by atoms with Gasteiger partial charge in [0.2, 0.25) is 11.8 Å². The van der Waals surface area contributed by atoms with Crippen molar-refractivity contribution in [3.05, 3.63) is 24.6 Å². The number of nitrogens with zero attached hydrogens (tertiary/aromatic N) is 2. The van der Waals surface area contributed by atoms with E-state index in [4.69, 9.17) is 0 Å². The van der Waals surface area contributed by atoms with Crippen molar-refractivity contribution in [3.8, 4) is 0 Å². The lowest BCUT2D eigenvalue weighted by Gasteiger charge is -2.50. The number of hydrogen-bond acceptors (Lipinski definition) is 2. The van der Waals surface area contributed by atoms with Crippen molar-refractivity contribution < 1.29 is 9.59 Å². The van der Waals surface area contributed by atoms with Crippen LogP contribution in [0.15, 0.2) is 24.6 Å². The summed E-state index contributed by atoms with van der Waals surface area (Å²) in [6.07, 6.45) is 0.734. The van der Waals surface area contributed by atoms with Crippen molar-refractivity contribution in [1.82, 2.24) is 9.80 Å². The number of rotatable bonds is 3. The number of carbonyl (C=O) groups excluding carboxylic acids is 2. The minimum Gasteiger partial charge on any atom is -0.301 e.